The Kier molecular flexibility index (Phi) is 5.81. The van der Waals surface area contributed by atoms with Crippen LogP contribution >= 0.6 is 0 Å². The topological polar surface area (TPSA) is 64.5 Å². The summed E-state index contributed by atoms with van der Waals surface area (Å²) in [5, 5.41) is 1.98. The van der Waals surface area contributed by atoms with Gasteiger partial charge in [-0.1, -0.05) is 121 Å². The Morgan fingerprint density at radius 2 is 0.765 bits per heavy atom. The molecule has 0 fully saturated rings. The lowest BCUT2D eigenvalue weighted by Crippen LogP contribution is -2.25. The first kappa shape index (κ1) is 28.0. The van der Waals surface area contributed by atoms with Gasteiger partial charge in [0.1, 0.15) is 0 Å². The third-order valence-corrected chi connectivity index (χ3v) is 10.7. The van der Waals surface area contributed by atoms with Crippen LogP contribution in [0.5, 0.6) is 0 Å². The highest BCUT2D eigenvalue weighted by atomic mass is 15.0. The summed E-state index contributed by atoms with van der Waals surface area (Å²) in [6.45, 7) is 0. The summed E-state index contributed by atoms with van der Waals surface area (Å²) in [6, 6.07) is 53.6. The number of nitrogens with zero attached hydrogens (tertiary/aromatic N) is 5. The zero-order valence-corrected chi connectivity index (χ0v) is 27.3. The number of para-hydroxylation sites is 2. The van der Waals surface area contributed by atoms with Gasteiger partial charge in [0.25, 0.3) is 0 Å². The molecule has 0 radical (unpaired) electrons. The van der Waals surface area contributed by atoms with Crippen LogP contribution in [0.3, 0.4) is 0 Å². The molecule has 0 N–H and O–H groups in total. The molecule has 5 heteroatoms. The zero-order chi connectivity index (χ0) is 33.5. The van der Waals surface area contributed by atoms with E-state index in [1.54, 1.807) is 0 Å². The lowest BCUT2D eigenvalue weighted by molar-refractivity contribution is 0.794. The van der Waals surface area contributed by atoms with Crippen LogP contribution < -0.4 is 0 Å². The van der Waals surface area contributed by atoms with Crippen LogP contribution in [0.25, 0.3) is 78.2 Å². The van der Waals surface area contributed by atoms with E-state index in [0.717, 1.165) is 38.5 Å². The van der Waals surface area contributed by atoms with Gasteiger partial charge >= 0.3 is 0 Å². The van der Waals surface area contributed by atoms with E-state index in [1.165, 1.54) is 44.5 Å². The Labute approximate surface area is 294 Å². The molecule has 2 aliphatic rings. The fourth-order valence-electron chi connectivity index (χ4n) is 8.56. The molecule has 0 unspecified atom stereocenters. The van der Waals surface area contributed by atoms with Crippen LogP contribution in [0, 0.1) is 0 Å². The van der Waals surface area contributed by atoms with Gasteiger partial charge in [-0.15, -0.1) is 0 Å². The van der Waals surface area contributed by atoms with Crippen molar-refractivity contribution in [3.8, 4) is 56.4 Å². The largest absolute Gasteiger partial charge is 0.256 e. The minimum Gasteiger partial charge on any atom is -0.256 e. The van der Waals surface area contributed by atoms with Crippen molar-refractivity contribution < 1.29 is 0 Å². The van der Waals surface area contributed by atoms with Crippen molar-refractivity contribution in [1.29, 1.82) is 0 Å². The molecule has 0 amide bonds. The first-order chi connectivity index (χ1) is 25.3. The SMILES string of the molecule is c1ccc2c(c1)-c1ccccc1C21c2ccccc2-c2ccc(-c3nc(-c4ccnc5ccccc45)nc(-c4ccnc5ccccc45)n3)cc21. The monoisotopic (exact) mass is 649 g/mol. The van der Waals surface area contributed by atoms with Crippen LogP contribution in [0.1, 0.15) is 22.3 Å². The van der Waals surface area contributed by atoms with E-state index in [2.05, 4.69) is 113 Å². The van der Waals surface area contributed by atoms with Crippen molar-refractivity contribution in [3.05, 3.63) is 186 Å². The maximum absolute atomic E-state index is 5.24. The normalized spacial score (nSPS) is 13.3. The van der Waals surface area contributed by atoms with Crippen molar-refractivity contribution in [3.63, 3.8) is 0 Å². The molecule has 6 aromatic carbocycles. The van der Waals surface area contributed by atoms with E-state index in [9.17, 15) is 0 Å². The Bertz CT molecular complexity index is 2720. The van der Waals surface area contributed by atoms with Crippen molar-refractivity contribution >= 4 is 21.8 Å². The van der Waals surface area contributed by atoms with E-state index in [-0.39, 0.29) is 0 Å². The fraction of sp³-hybridized carbons (Fsp3) is 0.0217. The first-order valence-electron chi connectivity index (χ1n) is 17.2. The molecule has 3 aromatic heterocycles. The summed E-state index contributed by atoms with van der Waals surface area (Å²) in [4.78, 5) is 24.9. The number of hydrogen-bond donors (Lipinski definition) is 0. The molecular formula is C46H27N5. The van der Waals surface area contributed by atoms with Gasteiger partial charge < -0.3 is 0 Å². The Morgan fingerprint density at radius 3 is 1.29 bits per heavy atom. The summed E-state index contributed by atoms with van der Waals surface area (Å²) in [5.41, 5.74) is 14.3. The number of aromatic nitrogens is 5. The van der Waals surface area contributed by atoms with Gasteiger partial charge in [0.15, 0.2) is 17.5 Å². The average molecular weight is 650 g/mol. The smallest absolute Gasteiger partial charge is 0.164 e. The molecule has 51 heavy (non-hydrogen) atoms. The van der Waals surface area contributed by atoms with Crippen molar-refractivity contribution in [2.45, 2.75) is 5.41 Å². The van der Waals surface area contributed by atoms with Crippen LogP contribution in [-0.2, 0) is 5.41 Å². The molecule has 2 aliphatic carbocycles. The van der Waals surface area contributed by atoms with E-state index >= 15 is 0 Å². The molecule has 5 nitrogen and oxygen atoms in total. The predicted molar refractivity (Wildman–Crippen MR) is 203 cm³/mol. The second kappa shape index (κ2) is 10.6. The second-order valence-corrected chi connectivity index (χ2v) is 13.2. The quantitative estimate of drug-likeness (QED) is 0.191. The van der Waals surface area contributed by atoms with Gasteiger partial charge in [-0.25, -0.2) is 15.0 Å². The van der Waals surface area contributed by atoms with Crippen molar-refractivity contribution in [2.24, 2.45) is 0 Å². The summed E-state index contributed by atoms with van der Waals surface area (Å²) < 4.78 is 0. The molecule has 1 spiro atoms. The van der Waals surface area contributed by atoms with E-state index in [4.69, 9.17) is 15.0 Å². The first-order valence-corrected chi connectivity index (χ1v) is 17.2. The summed E-state index contributed by atoms with van der Waals surface area (Å²) >= 11 is 0. The molecule has 0 bridgehead atoms. The van der Waals surface area contributed by atoms with Crippen molar-refractivity contribution in [2.75, 3.05) is 0 Å². The van der Waals surface area contributed by atoms with Crippen LogP contribution in [-0.4, -0.2) is 24.9 Å². The zero-order valence-electron chi connectivity index (χ0n) is 27.3. The Hall–Kier alpha value is -6.85. The Balaban J connectivity index is 1.20. The summed E-state index contributed by atoms with van der Waals surface area (Å²) in [6.07, 6.45) is 3.65. The molecule has 0 saturated heterocycles. The van der Waals surface area contributed by atoms with Gasteiger partial charge in [0, 0.05) is 39.9 Å². The number of benzene rings is 6. The molecule has 3 heterocycles. The molecule has 236 valence electrons. The van der Waals surface area contributed by atoms with Gasteiger partial charge in [-0.2, -0.15) is 0 Å². The molecule has 0 atom stereocenters. The van der Waals surface area contributed by atoms with Crippen LogP contribution in [0.2, 0.25) is 0 Å². The predicted octanol–water partition coefficient (Wildman–Crippen LogP) is 10.3. The lowest BCUT2D eigenvalue weighted by Gasteiger charge is -2.30. The standard InChI is InChI=1S/C46H27N5/c1-6-16-37-29(11-1)30-12-2-7-17-38(30)46(37)39-18-8-3-13-31(39)32-22-21-28(27-40(32)46)43-49-44(35-23-25-47-41-19-9-4-14-33(35)41)51-45(50-43)36-24-26-48-42-20-10-5-15-34(36)42/h1-27H. The van der Waals surface area contributed by atoms with Crippen molar-refractivity contribution in [1.82, 2.24) is 24.9 Å². The number of rotatable bonds is 3. The molecular weight excluding hydrogens is 623 g/mol. The molecule has 9 aromatic rings. The number of pyridine rings is 2. The van der Waals surface area contributed by atoms with Crippen LogP contribution in [0.4, 0.5) is 0 Å². The third kappa shape index (κ3) is 3.88. The van der Waals surface area contributed by atoms with E-state index < -0.39 is 5.41 Å². The average Bonchev–Trinajstić information content (AvgIpc) is 3.67. The Morgan fingerprint density at radius 1 is 0.333 bits per heavy atom. The molecule has 11 rings (SSSR count). The number of hydrogen-bond acceptors (Lipinski definition) is 5. The van der Waals surface area contributed by atoms with Crippen LogP contribution in [0.15, 0.2) is 164 Å². The third-order valence-electron chi connectivity index (χ3n) is 10.7. The lowest BCUT2D eigenvalue weighted by atomic mass is 9.70. The highest BCUT2D eigenvalue weighted by molar-refractivity contribution is 5.97. The minimum atomic E-state index is -0.462. The maximum Gasteiger partial charge on any atom is 0.164 e. The maximum atomic E-state index is 5.24. The fourth-order valence-corrected chi connectivity index (χ4v) is 8.56. The highest BCUT2D eigenvalue weighted by Gasteiger charge is 2.51. The van der Waals surface area contributed by atoms with E-state index in [0.29, 0.717) is 17.5 Å². The molecule has 0 aliphatic heterocycles. The van der Waals surface area contributed by atoms with Gasteiger partial charge in [-0.3, -0.25) is 9.97 Å². The van der Waals surface area contributed by atoms with Gasteiger partial charge in [0.2, 0.25) is 0 Å². The summed E-state index contributed by atoms with van der Waals surface area (Å²) in [7, 11) is 0. The second-order valence-electron chi connectivity index (χ2n) is 13.2. The van der Waals surface area contributed by atoms with Gasteiger partial charge in [-0.05, 0) is 74.8 Å². The van der Waals surface area contributed by atoms with E-state index in [1.807, 2.05) is 60.9 Å². The summed E-state index contributed by atoms with van der Waals surface area (Å²) in [5.74, 6) is 1.82. The minimum absolute atomic E-state index is 0.462. The number of fused-ring (bicyclic) bond motifs is 12. The highest BCUT2D eigenvalue weighted by Crippen LogP contribution is 2.63. The van der Waals surface area contributed by atoms with Gasteiger partial charge in [0.05, 0.1) is 16.4 Å². The molecule has 0 saturated carbocycles.